The molecule has 0 amide bonds. The fourth-order valence-electron chi connectivity index (χ4n) is 2.97. The zero-order valence-electron chi connectivity index (χ0n) is 11.5. The van der Waals surface area contributed by atoms with Gasteiger partial charge in [-0.05, 0) is 32.0 Å². The lowest BCUT2D eigenvalue weighted by Crippen LogP contribution is -2.32. The molecule has 3 heteroatoms. The number of benzene rings is 1. The molecule has 2 aromatic rings. The van der Waals surface area contributed by atoms with E-state index < -0.39 is 0 Å². The van der Waals surface area contributed by atoms with Crippen LogP contribution in [0.3, 0.4) is 0 Å². The number of hydrogen-bond acceptors (Lipinski definition) is 2. The molecule has 1 aliphatic rings. The molecule has 1 atom stereocenters. The lowest BCUT2D eigenvalue weighted by Gasteiger charge is -2.29. The molecule has 3 rings (SSSR count). The van der Waals surface area contributed by atoms with Crippen LogP contribution in [0.1, 0.15) is 30.1 Å². The van der Waals surface area contributed by atoms with E-state index in [9.17, 15) is 0 Å². The van der Waals surface area contributed by atoms with E-state index in [2.05, 4.69) is 58.0 Å². The number of piperidine rings is 1. The van der Waals surface area contributed by atoms with Gasteiger partial charge in [0.05, 0.1) is 0 Å². The molecule has 0 bridgehead atoms. The molecule has 0 spiro atoms. The van der Waals surface area contributed by atoms with Crippen LogP contribution >= 0.6 is 0 Å². The Labute approximate surface area is 114 Å². The van der Waals surface area contributed by atoms with Crippen LogP contribution in [0.4, 0.5) is 0 Å². The molecule has 19 heavy (non-hydrogen) atoms. The highest BCUT2D eigenvalue weighted by molar-refractivity contribution is 5.16. The second kappa shape index (κ2) is 5.57. The van der Waals surface area contributed by atoms with Crippen LogP contribution in [0.2, 0.25) is 0 Å². The predicted octanol–water partition coefficient (Wildman–Crippen LogP) is 2.74. The summed E-state index contributed by atoms with van der Waals surface area (Å²) < 4.78 is 2.30. The maximum atomic E-state index is 4.61. The number of likely N-dealkylation sites (N-methyl/N-ethyl adjacent to an activating group) is 1. The van der Waals surface area contributed by atoms with Gasteiger partial charge in [-0.3, -0.25) is 0 Å². The number of rotatable bonds is 3. The van der Waals surface area contributed by atoms with Crippen molar-refractivity contribution >= 4 is 0 Å². The van der Waals surface area contributed by atoms with Crippen molar-refractivity contribution in [2.45, 2.75) is 25.3 Å². The maximum Gasteiger partial charge on any atom is 0.113 e. The molecule has 100 valence electrons. The Morgan fingerprint density at radius 2 is 2.11 bits per heavy atom. The number of likely N-dealkylation sites (tertiary alicyclic amines) is 1. The monoisotopic (exact) mass is 255 g/mol. The summed E-state index contributed by atoms with van der Waals surface area (Å²) >= 11 is 0. The van der Waals surface area contributed by atoms with E-state index in [1.54, 1.807) is 0 Å². The van der Waals surface area contributed by atoms with Crippen molar-refractivity contribution in [2.75, 3.05) is 20.1 Å². The fraction of sp³-hybridized carbons (Fsp3) is 0.438. The van der Waals surface area contributed by atoms with Crippen molar-refractivity contribution in [1.82, 2.24) is 14.5 Å². The van der Waals surface area contributed by atoms with Crippen molar-refractivity contribution in [3.8, 4) is 0 Å². The molecular formula is C16H21N3. The van der Waals surface area contributed by atoms with Crippen LogP contribution in [0.25, 0.3) is 0 Å². The van der Waals surface area contributed by atoms with Gasteiger partial charge >= 0.3 is 0 Å². The standard InChI is InChI=1S/C16H21N3/c1-18-10-5-8-15(13-18)16-17-9-11-19(16)12-14-6-3-2-4-7-14/h2-4,6-7,9,11,15H,5,8,10,12-13H2,1H3/t15-/m0/s1. The lowest BCUT2D eigenvalue weighted by atomic mass is 9.97. The van der Waals surface area contributed by atoms with Gasteiger partial charge in [-0.2, -0.15) is 0 Å². The van der Waals surface area contributed by atoms with Crippen LogP contribution in [0, 0.1) is 0 Å². The van der Waals surface area contributed by atoms with Crippen molar-refractivity contribution in [1.29, 1.82) is 0 Å². The van der Waals surface area contributed by atoms with E-state index in [0.29, 0.717) is 5.92 Å². The number of nitrogens with zero attached hydrogens (tertiary/aromatic N) is 3. The molecule has 2 heterocycles. The van der Waals surface area contributed by atoms with Crippen LogP contribution in [-0.4, -0.2) is 34.6 Å². The van der Waals surface area contributed by atoms with Gasteiger partial charge in [-0.1, -0.05) is 30.3 Å². The first-order valence-electron chi connectivity index (χ1n) is 7.06. The van der Waals surface area contributed by atoms with Crippen molar-refractivity contribution < 1.29 is 0 Å². The molecule has 0 saturated carbocycles. The second-order valence-corrected chi connectivity index (χ2v) is 5.50. The molecule has 1 aliphatic heterocycles. The Morgan fingerprint density at radius 3 is 2.89 bits per heavy atom. The highest BCUT2D eigenvalue weighted by atomic mass is 15.1. The van der Waals surface area contributed by atoms with Gasteiger partial charge in [-0.15, -0.1) is 0 Å². The lowest BCUT2D eigenvalue weighted by molar-refractivity contribution is 0.243. The summed E-state index contributed by atoms with van der Waals surface area (Å²) in [7, 11) is 2.20. The van der Waals surface area contributed by atoms with E-state index in [-0.39, 0.29) is 0 Å². The van der Waals surface area contributed by atoms with Crippen LogP contribution in [-0.2, 0) is 6.54 Å². The number of imidazole rings is 1. The van der Waals surface area contributed by atoms with E-state index in [1.165, 1.54) is 30.8 Å². The molecular weight excluding hydrogens is 234 g/mol. The number of hydrogen-bond donors (Lipinski definition) is 0. The van der Waals surface area contributed by atoms with Crippen molar-refractivity contribution in [3.05, 3.63) is 54.1 Å². The van der Waals surface area contributed by atoms with Gasteiger partial charge in [0.15, 0.2) is 0 Å². The zero-order valence-corrected chi connectivity index (χ0v) is 11.5. The molecule has 0 aliphatic carbocycles. The normalized spacial score (nSPS) is 20.6. The van der Waals surface area contributed by atoms with E-state index >= 15 is 0 Å². The highest BCUT2D eigenvalue weighted by Crippen LogP contribution is 2.25. The van der Waals surface area contributed by atoms with Crippen molar-refractivity contribution in [2.24, 2.45) is 0 Å². The predicted molar refractivity (Wildman–Crippen MR) is 77.2 cm³/mol. The molecule has 1 aromatic carbocycles. The summed E-state index contributed by atoms with van der Waals surface area (Å²) in [5.74, 6) is 1.83. The fourth-order valence-corrected chi connectivity index (χ4v) is 2.97. The Hall–Kier alpha value is -1.61. The Bertz CT molecular complexity index is 518. The first-order valence-corrected chi connectivity index (χ1v) is 7.06. The number of aromatic nitrogens is 2. The van der Waals surface area contributed by atoms with Crippen LogP contribution in [0.5, 0.6) is 0 Å². The average Bonchev–Trinajstić information content (AvgIpc) is 2.88. The molecule has 0 N–H and O–H groups in total. The summed E-state index contributed by atoms with van der Waals surface area (Å²) in [5, 5.41) is 0. The molecule has 0 radical (unpaired) electrons. The minimum absolute atomic E-state index is 0.581. The first-order chi connectivity index (χ1) is 9.33. The molecule has 0 unspecified atom stereocenters. The third kappa shape index (κ3) is 2.87. The summed E-state index contributed by atoms with van der Waals surface area (Å²) in [4.78, 5) is 7.02. The Morgan fingerprint density at radius 1 is 1.26 bits per heavy atom. The zero-order chi connectivity index (χ0) is 13.1. The van der Waals surface area contributed by atoms with Gasteiger partial charge in [-0.25, -0.2) is 4.98 Å². The van der Waals surface area contributed by atoms with E-state index in [4.69, 9.17) is 0 Å². The maximum absolute atomic E-state index is 4.61. The highest BCUT2D eigenvalue weighted by Gasteiger charge is 2.22. The van der Waals surface area contributed by atoms with Gasteiger partial charge in [0.1, 0.15) is 5.82 Å². The molecule has 3 nitrogen and oxygen atoms in total. The van der Waals surface area contributed by atoms with Gasteiger partial charge < -0.3 is 9.47 Å². The third-order valence-electron chi connectivity index (χ3n) is 3.93. The molecule has 1 aromatic heterocycles. The van der Waals surface area contributed by atoms with Crippen LogP contribution < -0.4 is 0 Å². The van der Waals surface area contributed by atoms with Crippen LogP contribution in [0.15, 0.2) is 42.7 Å². The summed E-state index contributed by atoms with van der Waals surface area (Å²) in [6.07, 6.45) is 6.58. The Kier molecular flexibility index (Phi) is 3.65. The average molecular weight is 255 g/mol. The summed E-state index contributed by atoms with van der Waals surface area (Å²) in [6, 6.07) is 10.6. The third-order valence-corrected chi connectivity index (χ3v) is 3.93. The summed E-state index contributed by atoms with van der Waals surface area (Å²) in [6.45, 7) is 3.28. The minimum atomic E-state index is 0.581. The summed E-state index contributed by atoms with van der Waals surface area (Å²) in [5.41, 5.74) is 1.34. The smallest absolute Gasteiger partial charge is 0.113 e. The Balaban J connectivity index is 1.78. The van der Waals surface area contributed by atoms with E-state index in [1.807, 2.05) is 6.20 Å². The molecule has 1 saturated heterocycles. The second-order valence-electron chi connectivity index (χ2n) is 5.50. The molecule has 1 fully saturated rings. The first kappa shape index (κ1) is 12.4. The topological polar surface area (TPSA) is 21.1 Å². The van der Waals surface area contributed by atoms with Gasteiger partial charge in [0, 0.05) is 31.4 Å². The van der Waals surface area contributed by atoms with Gasteiger partial charge in [0.25, 0.3) is 0 Å². The quantitative estimate of drug-likeness (QED) is 0.841. The van der Waals surface area contributed by atoms with Gasteiger partial charge in [0.2, 0.25) is 0 Å². The van der Waals surface area contributed by atoms with Crippen molar-refractivity contribution in [3.63, 3.8) is 0 Å². The SMILES string of the molecule is CN1CCC[C@H](c2nccn2Cc2ccccc2)C1. The minimum Gasteiger partial charge on any atom is -0.330 e. The largest absolute Gasteiger partial charge is 0.330 e. The van der Waals surface area contributed by atoms with E-state index in [0.717, 1.165) is 13.1 Å².